The van der Waals surface area contributed by atoms with Gasteiger partial charge in [-0.1, -0.05) is 6.92 Å². The Morgan fingerprint density at radius 3 is 2.58 bits per heavy atom. The minimum absolute atomic E-state index is 0.460. The van der Waals surface area contributed by atoms with Crippen LogP contribution in [0.5, 0.6) is 5.75 Å². The Hall–Kier alpha value is -1.51. The number of nitrogen functional groups attached to an aromatic ring is 1. The number of nitrogens with zero attached hydrogens (tertiary/aromatic N) is 1. The maximum Gasteiger partial charge on any atom is 0.142 e. The predicted octanol–water partition coefficient (Wildman–Crippen LogP) is 3.58. The number of aryl methyl sites for hydroxylation is 1. The third kappa shape index (κ3) is 3.49. The molecule has 104 valence electrons. The number of hydrogen-bond acceptors (Lipinski definition) is 3. The van der Waals surface area contributed by atoms with E-state index in [4.69, 9.17) is 15.5 Å². The number of hydrogen-bond donors (Lipinski definition) is 1. The van der Waals surface area contributed by atoms with Crippen molar-refractivity contribution in [3.63, 3.8) is 0 Å². The fourth-order valence-corrected chi connectivity index (χ4v) is 2.64. The minimum atomic E-state index is 0.460. The molecule has 1 aliphatic carbocycles. The van der Waals surface area contributed by atoms with Crippen molar-refractivity contribution in [3.05, 3.63) is 23.3 Å². The molecule has 0 unspecified atom stereocenters. The molecule has 3 nitrogen and oxygen atoms in total. The Morgan fingerprint density at radius 1 is 1.26 bits per heavy atom. The van der Waals surface area contributed by atoms with Gasteiger partial charge in [0.15, 0.2) is 0 Å². The van der Waals surface area contributed by atoms with Crippen LogP contribution in [-0.2, 0) is 0 Å². The summed E-state index contributed by atoms with van der Waals surface area (Å²) in [5.74, 6) is 1.59. The van der Waals surface area contributed by atoms with Gasteiger partial charge >= 0.3 is 0 Å². The van der Waals surface area contributed by atoms with Gasteiger partial charge in [0.25, 0.3) is 0 Å². The molecule has 1 saturated carbocycles. The molecular formula is C16H24N2O. The molecule has 0 saturated heterocycles. The zero-order chi connectivity index (χ0) is 13.8. The number of benzene rings is 1. The van der Waals surface area contributed by atoms with Gasteiger partial charge < -0.3 is 10.5 Å². The molecule has 1 aliphatic rings. The molecule has 1 aromatic rings. The van der Waals surface area contributed by atoms with E-state index in [0.717, 1.165) is 22.8 Å². The van der Waals surface area contributed by atoms with Gasteiger partial charge in [0.1, 0.15) is 5.75 Å². The van der Waals surface area contributed by atoms with Crippen LogP contribution in [-0.4, -0.2) is 19.4 Å². The first-order chi connectivity index (χ1) is 9.10. The lowest BCUT2D eigenvalue weighted by Gasteiger charge is -2.23. The Labute approximate surface area is 115 Å². The second-order valence-electron chi connectivity index (χ2n) is 5.66. The van der Waals surface area contributed by atoms with E-state index in [2.05, 4.69) is 13.0 Å². The van der Waals surface area contributed by atoms with Gasteiger partial charge in [-0.3, -0.25) is 4.99 Å². The van der Waals surface area contributed by atoms with Gasteiger partial charge in [-0.15, -0.1) is 0 Å². The highest BCUT2D eigenvalue weighted by Gasteiger charge is 2.16. The molecule has 0 atom stereocenters. The van der Waals surface area contributed by atoms with Crippen molar-refractivity contribution >= 4 is 11.9 Å². The summed E-state index contributed by atoms with van der Waals surface area (Å²) in [6.07, 6.45) is 6.88. The van der Waals surface area contributed by atoms with Gasteiger partial charge in [-0.05, 0) is 56.2 Å². The van der Waals surface area contributed by atoms with Gasteiger partial charge in [-0.25, -0.2) is 0 Å². The first-order valence-electron chi connectivity index (χ1n) is 7.07. The maximum atomic E-state index is 6.08. The minimum Gasteiger partial charge on any atom is -0.495 e. The smallest absolute Gasteiger partial charge is 0.142 e. The molecule has 3 heteroatoms. The summed E-state index contributed by atoms with van der Waals surface area (Å²) in [7, 11) is 1.65. The van der Waals surface area contributed by atoms with E-state index in [9.17, 15) is 0 Å². The SMILES string of the molecule is COc1cc(C)cc(C=NC2CCC(C)CC2)c1N. The second kappa shape index (κ2) is 6.09. The van der Waals surface area contributed by atoms with E-state index in [1.54, 1.807) is 7.11 Å². The molecule has 1 fully saturated rings. The third-order valence-corrected chi connectivity index (χ3v) is 3.95. The van der Waals surface area contributed by atoms with Crippen LogP contribution in [0.1, 0.15) is 43.7 Å². The average molecular weight is 260 g/mol. The lowest BCUT2D eigenvalue weighted by Crippen LogP contribution is -2.15. The molecule has 19 heavy (non-hydrogen) atoms. The summed E-state index contributed by atoms with van der Waals surface area (Å²) >= 11 is 0. The van der Waals surface area contributed by atoms with Crippen molar-refractivity contribution in [3.8, 4) is 5.75 Å². The number of nitrogens with two attached hydrogens (primary N) is 1. The normalized spacial score (nSPS) is 23.7. The van der Waals surface area contributed by atoms with E-state index >= 15 is 0 Å². The lowest BCUT2D eigenvalue weighted by molar-refractivity contribution is 0.350. The number of aliphatic imine (C=N–C) groups is 1. The lowest BCUT2D eigenvalue weighted by atomic mass is 9.88. The van der Waals surface area contributed by atoms with Crippen molar-refractivity contribution in [1.82, 2.24) is 0 Å². The Balaban J connectivity index is 2.12. The van der Waals surface area contributed by atoms with Crippen LogP contribution in [0, 0.1) is 12.8 Å². The number of rotatable bonds is 3. The van der Waals surface area contributed by atoms with E-state index in [0.29, 0.717) is 11.7 Å². The largest absolute Gasteiger partial charge is 0.495 e. The topological polar surface area (TPSA) is 47.6 Å². The van der Waals surface area contributed by atoms with Crippen LogP contribution < -0.4 is 10.5 Å². The van der Waals surface area contributed by atoms with Crippen LogP contribution in [0.2, 0.25) is 0 Å². The summed E-state index contributed by atoms with van der Waals surface area (Å²) in [4.78, 5) is 4.70. The van der Waals surface area contributed by atoms with Crippen molar-refractivity contribution in [2.75, 3.05) is 12.8 Å². The summed E-state index contributed by atoms with van der Waals surface area (Å²) in [6.45, 7) is 4.37. The van der Waals surface area contributed by atoms with Gasteiger partial charge in [-0.2, -0.15) is 0 Å². The first-order valence-corrected chi connectivity index (χ1v) is 7.07. The Bertz CT molecular complexity index is 460. The van der Waals surface area contributed by atoms with Crippen LogP contribution >= 0.6 is 0 Å². The first kappa shape index (κ1) is 13.9. The van der Waals surface area contributed by atoms with Gasteiger partial charge in [0.05, 0.1) is 12.8 Å². The summed E-state index contributed by atoms with van der Waals surface area (Å²) in [6, 6.07) is 4.48. The molecule has 0 radical (unpaired) electrons. The average Bonchev–Trinajstić information content (AvgIpc) is 2.41. The molecule has 0 spiro atoms. The predicted molar refractivity (Wildman–Crippen MR) is 81.2 cm³/mol. The zero-order valence-corrected chi connectivity index (χ0v) is 12.1. The van der Waals surface area contributed by atoms with Crippen LogP contribution in [0.4, 0.5) is 5.69 Å². The monoisotopic (exact) mass is 260 g/mol. The molecule has 2 N–H and O–H groups in total. The van der Waals surface area contributed by atoms with Gasteiger partial charge in [0, 0.05) is 17.8 Å². The van der Waals surface area contributed by atoms with E-state index in [1.807, 2.05) is 19.2 Å². The standard InChI is InChI=1S/C16H24N2O/c1-11-4-6-14(7-5-11)18-10-13-8-12(2)9-15(19-3)16(13)17/h8-11,14H,4-7,17H2,1-3H3. The van der Waals surface area contributed by atoms with Crippen molar-refractivity contribution in [2.24, 2.45) is 10.9 Å². The van der Waals surface area contributed by atoms with E-state index in [1.165, 1.54) is 25.7 Å². The summed E-state index contributed by atoms with van der Waals surface area (Å²) in [5, 5.41) is 0. The third-order valence-electron chi connectivity index (χ3n) is 3.95. The molecule has 0 aromatic heterocycles. The van der Waals surface area contributed by atoms with Crippen LogP contribution in [0.15, 0.2) is 17.1 Å². The van der Waals surface area contributed by atoms with Crippen molar-refractivity contribution in [2.45, 2.75) is 45.6 Å². The van der Waals surface area contributed by atoms with Crippen molar-refractivity contribution in [1.29, 1.82) is 0 Å². The highest BCUT2D eigenvalue weighted by Crippen LogP contribution is 2.28. The zero-order valence-electron chi connectivity index (χ0n) is 12.1. The Morgan fingerprint density at radius 2 is 1.95 bits per heavy atom. The second-order valence-corrected chi connectivity index (χ2v) is 5.66. The number of ether oxygens (including phenoxy) is 1. The van der Waals surface area contributed by atoms with Gasteiger partial charge in [0.2, 0.25) is 0 Å². The fourth-order valence-electron chi connectivity index (χ4n) is 2.64. The fraction of sp³-hybridized carbons (Fsp3) is 0.562. The van der Waals surface area contributed by atoms with Crippen LogP contribution in [0.3, 0.4) is 0 Å². The van der Waals surface area contributed by atoms with E-state index < -0.39 is 0 Å². The summed E-state index contributed by atoms with van der Waals surface area (Å²) in [5.41, 5.74) is 8.88. The molecule has 1 aromatic carbocycles. The molecule has 0 amide bonds. The number of anilines is 1. The maximum absolute atomic E-state index is 6.08. The van der Waals surface area contributed by atoms with Crippen LogP contribution in [0.25, 0.3) is 0 Å². The highest BCUT2D eigenvalue weighted by atomic mass is 16.5. The Kier molecular flexibility index (Phi) is 4.46. The molecule has 0 aliphatic heterocycles. The molecule has 0 heterocycles. The van der Waals surface area contributed by atoms with Crippen molar-refractivity contribution < 1.29 is 4.74 Å². The highest BCUT2D eigenvalue weighted by molar-refractivity contribution is 5.89. The molecule has 2 rings (SSSR count). The quantitative estimate of drug-likeness (QED) is 0.667. The number of methoxy groups -OCH3 is 1. The molecular weight excluding hydrogens is 236 g/mol. The molecule has 0 bridgehead atoms. The summed E-state index contributed by atoms with van der Waals surface area (Å²) < 4.78 is 5.29. The van der Waals surface area contributed by atoms with E-state index in [-0.39, 0.29) is 0 Å².